The Labute approximate surface area is 102 Å². The van der Waals surface area contributed by atoms with E-state index in [1.54, 1.807) is 0 Å². The van der Waals surface area contributed by atoms with E-state index >= 15 is 0 Å². The molecule has 3 nitrogen and oxygen atoms in total. The molecule has 1 N–H and O–H groups in total. The predicted molar refractivity (Wildman–Crippen MR) is 66.1 cm³/mol. The number of rotatable bonds is 4. The second-order valence-electron chi connectivity index (χ2n) is 3.59. The fourth-order valence-corrected chi connectivity index (χ4v) is 3.00. The maximum absolute atomic E-state index is 10.1. The number of aliphatic hydroxyl groups is 1. The minimum absolute atomic E-state index is 0.270. The number of halogens is 1. The largest absolute Gasteiger partial charge is 0.365 e. The highest BCUT2D eigenvalue weighted by molar-refractivity contribution is 14.2. The molecule has 0 amide bonds. The number of hydrogen-bond acceptors (Lipinski definition) is 4. The molecular formula is C9H17IO3S. The second kappa shape index (κ2) is 6.52. The third kappa shape index (κ3) is 4.22. The van der Waals surface area contributed by atoms with E-state index in [-0.39, 0.29) is 6.10 Å². The zero-order valence-electron chi connectivity index (χ0n) is 8.37. The third-order valence-corrected chi connectivity index (χ3v) is 3.50. The monoisotopic (exact) mass is 332 g/mol. The average Bonchev–Trinajstić information content (AvgIpc) is 2.30. The van der Waals surface area contributed by atoms with Gasteiger partial charge in [-0.2, -0.15) is 0 Å². The summed E-state index contributed by atoms with van der Waals surface area (Å²) in [6.07, 6.45) is 4.55. The Balaban J connectivity index is 2.39. The van der Waals surface area contributed by atoms with Crippen molar-refractivity contribution in [3.05, 3.63) is 0 Å². The third-order valence-electron chi connectivity index (χ3n) is 2.54. The fourth-order valence-electron chi connectivity index (χ4n) is 1.82. The van der Waals surface area contributed by atoms with Crippen LogP contribution in [0.15, 0.2) is 0 Å². The highest BCUT2D eigenvalue weighted by Crippen LogP contribution is 2.32. The van der Waals surface area contributed by atoms with Crippen LogP contribution >= 0.6 is 30.4 Å². The normalized spacial score (nSPS) is 34.1. The van der Waals surface area contributed by atoms with Crippen molar-refractivity contribution in [1.82, 2.24) is 0 Å². The molecule has 0 aromatic rings. The van der Waals surface area contributed by atoms with Crippen LogP contribution in [-0.4, -0.2) is 23.6 Å². The molecule has 2 atom stereocenters. The molecule has 1 aliphatic carbocycles. The summed E-state index contributed by atoms with van der Waals surface area (Å²) in [5.41, 5.74) is 0. The molecule has 0 heterocycles. The Morgan fingerprint density at radius 1 is 1.50 bits per heavy atom. The highest BCUT2D eigenvalue weighted by atomic mass is 127. The topological polar surface area (TPSA) is 38.7 Å². The molecular weight excluding hydrogens is 315 g/mol. The lowest BCUT2D eigenvalue weighted by Crippen LogP contribution is -2.31. The van der Waals surface area contributed by atoms with Crippen LogP contribution < -0.4 is 0 Å². The molecule has 0 bridgehead atoms. The molecule has 1 rings (SSSR count). The highest BCUT2D eigenvalue weighted by Gasteiger charge is 2.31. The van der Waals surface area contributed by atoms with Crippen molar-refractivity contribution in [3.8, 4) is 0 Å². The van der Waals surface area contributed by atoms with Crippen molar-refractivity contribution in [2.45, 2.75) is 50.9 Å². The van der Waals surface area contributed by atoms with Crippen LogP contribution in [-0.2, 0) is 8.92 Å². The predicted octanol–water partition coefficient (Wildman–Crippen LogP) is 3.06. The Morgan fingerprint density at radius 2 is 2.29 bits per heavy atom. The van der Waals surface area contributed by atoms with E-state index in [4.69, 9.17) is 8.92 Å². The van der Waals surface area contributed by atoms with Gasteiger partial charge in [0, 0.05) is 40.7 Å². The van der Waals surface area contributed by atoms with E-state index < -0.39 is 5.79 Å². The number of hydrogen-bond donors (Lipinski definition) is 1. The molecule has 84 valence electrons. The maximum Gasteiger partial charge on any atom is 0.165 e. The number of ether oxygens (including phenoxy) is 1. The molecule has 0 spiro atoms. The van der Waals surface area contributed by atoms with Crippen LogP contribution in [0, 0.1) is 0 Å². The summed E-state index contributed by atoms with van der Waals surface area (Å²) in [5.74, 6) is -0.900. The quantitative estimate of drug-likeness (QED) is 0.372. The van der Waals surface area contributed by atoms with Crippen LogP contribution in [0.4, 0.5) is 0 Å². The van der Waals surface area contributed by atoms with E-state index in [1.807, 2.05) is 6.92 Å². The van der Waals surface area contributed by atoms with Gasteiger partial charge in [0.25, 0.3) is 0 Å². The minimum Gasteiger partial charge on any atom is -0.365 e. The van der Waals surface area contributed by atoms with Crippen molar-refractivity contribution < 1.29 is 14.0 Å². The summed E-state index contributed by atoms with van der Waals surface area (Å²) in [7, 11) is 1.38. The lowest BCUT2D eigenvalue weighted by molar-refractivity contribution is -0.208. The van der Waals surface area contributed by atoms with Gasteiger partial charge in [-0.1, -0.05) is 0 Å². The summed E-state index contributed by atoms with van der Waals surface area (Å²) in [6.45, 7) is 2.49. The van der Waals surface area contributed by atoms with Gasteiger partial charge in [0.1, 0.15) is 0 Å². The standard InChI is InChI=1S/C9H17IO3S/c1-2-12-9(11)6-3-4-8(5-7-9)13-14-10/h8,11H,2-7H2,1H3. The second-order valence-corrected chi connectivity index (χ2v) is 4.99. The fraction of sp³-hybridized carbons (Fsp3) is 1.00. The van der Waals surface area contributed by atoms with E-state index in [0.717, 1.165) is 25.7 Å². The molecule has 5 heteroatoms. The molecule has 0 aromatic carbocycles. The first-order valence-electron chi connectivity index (χ1n) is 5.00. The first-order chi connectivity index (χ1) is 6.70. The Bertz CT molecular complexity index is 170. The smallest absolute Gasteiger partial charge is 0.165 e. The molecule has 0 saturated heterocycles. The van der Waals surface area contributed by atoms with Gasteiger partial charge in [-0.15, -0.1) is 0 Å². The molecule has 14 heavy (non-hydrogen) atoms. The molecule has 0 radical (unpaired) electrons. The van der Waals surface area contributed by atoms with Crippen LogP contribution in [0.3, 0.4) is 0 Å². The van der Waals surface area contributed by atoms with Gasteiger partial charge in [-0.05, 0) is 26.2 Å². The van der Waals surface area contributed by atoms with Crippen molar-refractivity contribution in [1.29, 1.82) is 0 Å². The lowest BCUT2D eigenvalue weighted by atomic mass is 10.1. The van der Waals surface area contributed by atoms with Crippen molar-refractivity contribution in [3.63, 3.8) is 0 Å². The summed E-state index contributed by atoms with van der Waals surface area (Å²) in [4.78, 5) is 0. The summed E-state index contributed by atoms with van der Waals surface area (Å²) in [5, 5.41) is 10.1. The first kappa shape index (κ1) is 13.0. The zero-order valence-corrected chi connectivity index (χ0v) is 11.3. The van der Waals surface area contributed by atoms with Gasteiger partial charge in [0.2, 0.25) is 0 Å². The lowest BCUT2D eigenvalue weighted by Gasteiger charge is -2.26. The Kier molecular flexibility index (Phi) is 6.07. The molecule has 2 unspecified atom stereocenters. The van der Waals surface area contributed by atoms with Gasteiger partial charge in [0.05, 0.1) is 15.3 Å². The Hall–Kier alpha value is 0.960. The summed E-state index contributed by atoms with van der Waals surface area (Å²) >= 11 is 2.13. The van der Waals surface area contributed by atoms with Crippen LogP contribution in [0.2, 0.25) is 0 Å². The van der Waals surface area contributed by atoms with Crippen molar-refractivity contribution >= 4 is 30.4 Å². The minimum atomic E-state index is -0.900. The SMILES string of the molecule is CCOC1(O)CCCC(OSI)CC1. The maximum atomic E-state index is 10.1. The zero-order chi connectivity index (χ0) is 10.4. The van der Waals surface area contributed by atoms with Crippen LogP contribution in [0.1, 0.15) is 39.0 Å². The molecule has 0 aliphatic heterocycles. The molecule has 1 fully saturated rings. The van der Waals surface area contributed by atoms with Gasteiger partial charge in [-0.25, -0.2) is 0 Å². The Morgan fingerprint density at radius 3 is 2.93 bits per heavy atom. The van der Waals surface area contributed by atoms with Gasteiger partial charge in [0.15, 0.2) is 5.79 Å². The summed E-state index contributed by atoms with van der Waals surface area (Å²) < 4.78 is 10.8. The van der Waals surface area contributed by atoms with E-state index in [0.29, 0.717) is 13.0 Å². The van der Waals surface area contributed by atoms with Crippen LogP contribution in [0.5, 0.6) is 0 Å². The first-order valence-corrected chi connectivity index (χ1v) is 8.29. The van der Waals surface area contributed by atoms with Gasteiger partial charge >= 0.3 is 0 Å². The molecule has 0 aromatic heterocycles. The van der Waals surface area contributed by atoms with Gasteiger partial charge < -0.3 is 14.0 Å². The summed E-state index contributed by atoms with van der Waals surface area (Å²) in [6, 6.07) is 0. The van der Waals surface area contributed by atoms with E-state index in [1.165, 1.54) is 9.21 Å². The van der Waals surface area contributed by atoms with E-state index in [9.17, 15) is 5.11 Å². The van der Waals surface area contributed by atoms with Crippen molar-refractivity contribution in [2.24, 2.45) is 0 Å². The average molecular weight is 332 g/mol. The van der Waals surface area contributed by atoms with E-state index in [2.05, 4.69) is 21.2 Å². The molecule has 1 saturated carbocycles. The van der Waals surface area contributed by atoms with Crippen LogP contribution in [0.25, 0.3) is 0 Å². The van der Waals surface area contributed by atoms with Gasteiger partial charge in [-0.3, -0.25) is 0 Å². The van der Waals surface area contributed by atoms with Crippen molar-refractivity contribution in [2.75, 3.05) is 6.61 Å². The molecule has 1 aliphatic rings.